The largest absolute Gasteiger partial charge is 0.444 e. The lowest BCUT2D eigenvalue weighted by molar-refractivity contribution is -0.138. The van der Waals surface area contributed by atoms with Crippen LogP contribution in [0.15, 0.2) is 48.7 Å². The summed E-state index contributed by atoms with van der Waals surface area (Å²) in [5.41, 5.74) is 2.40. The van der Waals surface area contributed by atoms with E-state index in [9.17, 15) is 19.2 Å². The molecule has 0 bridgehead atoms. The molecule has 11 heteroatoms. The van der Waals surface area contributed by atoms with Gasteiger partial charge in [-0.3, -0.25) is 14.4 Å². The number of aromatic nitrogens is 1. The van der Waals surface area contributed by atoms with Gasteiger partial charge in [0.2, 0.25) is 11.8 Å². The Morgan fingerprint density at radius 3 is 2.42 bits per heavy atom. The Hall–Kier alpha value is -4.38. The topological polar surface area (TPSA) is 133 Å². The van der Waals surface area contributed by atoms with E-state index in [0.717, 1.165) is 27.6 Å². The lowest BCUT2D eigenvalue weighted by Crippen LogP contribution is -2.60. The molecule has 1 unspecified atom stereocenters. The van der Waals surface area contributed by atoms with Crippen molar-refractivity contribution in [1.82, 2.24) is 25.4 Å². The summed E-state index contributed by atoms with van der Waals surface area (Å²) < 4.78 is 10.7. The summed E-state index contributed by atoms with van der Waals surface area (Å²) in [7, 11) is 0. The summed E-state index contributed by atoms with van der Waals surface area (Å²) in [6.45, 7) is 11.4. The fraction of sp³-hybridized carbons (Fsp3) is 0.471. The third-order valence-electron chi connectivity index (χ3n) is 8.16. The van der Waals surface area contributed by atoms with Gasteiger partial charge >= 0.3 is 6.09 Å². The van der Waals surface area contributed by atoms with E-state index in [1.165, 1.54) is 0 Å². The van der Waals surface area contributed by atoms with E-state index < -0.39 is 29.2 Å². The van der Waals surface area contributed by atoms with Crippen molar-refractivity contribution in [1.29, 1.82) is 0 Å². The number of aromatic amines is 1. The molecule has 1 aromatic heterocycles. The van der Waals surface area contributed by atoms with Crippen LogP contribution in [0.4, 0.5) is 4.79 Å². The number of alkyl carbamates (subject to hydrolysis) is 1. The number of morpholine rings is 1. The first-order valence-corrected chi connectivity index (χ1v) is 15.5. The van der Waals surface area contributed by atoms with Crippen molar-refractivity contribution in [3.05, 3.63) is 70.9 Å². The van der Waals surface area contributed by atoms with E-state index in [4.69, 9.17) is 9.47 Å². The molecule has 0 aliphatic carbocycles. The molecule has 3 heterocycles. The van der Waals surface area contributed by atoms with Crippen molar-refractivity contribution in [2.24, 2.45) is 0 Å². The standard InChI is InChI=1S/C34H43N5O6/c1-33(2,3)45-32(43)37-34(4,5)31(42)36-28(19-25-20-35-27-9-7-6-8-26(25)27)30(41)39-13-12-22-18-23(10-11-24(22)21-39)29(40)38-14-16-44-17-15-38/h6-11,18,20,28,35H,12-17,19,21H2,1-5H3,(H,36,42)(H,37,43). The monoisotopic (exact) mass is 617 g/mol. The van der Waals surface area contributed by atoms with Crippen molar-refractivity contribution < 1.29 is 28.7 Å². The molecule has 3 N–H and O–H groups in total. The molecule has 4 amide bonds. The summed E-state index contributed by atoms with van der Waals surface area (Å²) in [5, 5.41) is 6.54. The van der Waals surface area contributed by atoms with Gasteiger partial charge in [0, 0.05) is 55.3 Å². The zero-order valence-corrected chi connectivity index (χ0v) is 26.7. The lowest BCUT2D eigenvalue weighted by atomic mass is 9.95. The predicted molar refractivity (Wildman–Crippen MR) is 170 cm³/mol. The van der Waals surface area contributed by atoms with E-state index in [1.54, 1.807) is 44.4 Å². The highest BCUT2D eigenvalue weighted by Gasteiger charge is 2.36. The minimum absolute atomic E-state index is 0.0104. The number of nitrogens with one attached hydrogen (secondary N) is 3. The Kier molecular flexibility index (Phi) is 9.20. The number of carbonyl (C=O) groups is 4. The molecule has 3 aromatic rings. The number of ether oxygens (including phenoxy) is 2. The van der Waals surface area contributed by atoms with Crippen molar-refractivity contribution in [3.8, 4) is 0 Å². The number of para-hydroxylation sites is 1. The quantitative estimate of drug-likeness (QED) is 0.372. The zero-order valence-electron chi connectivity index (χ0n) is 26.7. The summed E-state index contributed by atoms with van der Waals surface area (Å²) in [6.07, 6.45) is 1.99. The van der Waals surface area contributed by atoms with Crippen LogP contribution in [0.2, 0.25) is 0 Å². The van der Waals surface area contributed by atoms with Crippen LogP contribution in [-0.4, -0.2) is 88.6 Å². The van der Waals surface area contributed by atoms with Crippen LogP contribution < -0.4 is 10.6 Å². The molecule has 11 nitrogen and oxygen atoms in total. The third kappa shape index (κ3) is 7.65. The second-order valence-corrected chi connectivity index (χ2v) is 13.2. The molecule has 45 heavy (non-hydrogen) atoms. The molecule has 2 aliphatic heterocycles. The molecule has 2 aliphatic rings. The maximum absolute atomic E-state index is 14.1. The molecule has 0 saturated carbocycles. The van der Waals surface area contributed by atoms with Crippen molar-refractivity contribution in [2.45, 2.75) is 71.2 Å². The smallest absolute Gasteiger partial charge is 0.408 e. The van der Waals surface area contributed by atoms with Crippen molar-refractivity contribution in [3.63, 3.8) is 0 Å². The van der Waals surface area contributed by atoms with Gasteiger partial charge < -0.3 is 34.9 Å². The van der Waals surface area contributed by atoms with Crippen molar-refractivity contribution >= 4 is 34.7 Å². The number of nitrogens with zero attached hydrogens (tertiary/aromatic N) is 2. The van der Waals surface area contributed by atoms with Crippen molar-refractivity contribution in [2.75, 3.05) is 32.8 Å². The summed E-state index contributed by atoms with van der Waals surface area (Å²) in [4.78, 5) is 60.1. The van der Waals surface area contributed by atoms with E-state index in [0.29, 0.717) is 51.4 Å². The SMILES string of the molecule is CC(C)(C)OC(=O)NC(C)(C)C(=O)NC(Cc1c[nH]c2ccccc12)C(=O)N1CCc2cc(C(=O)N3CCOCC3)ccc2C1. The summed E-state index contributed by atoms with van der Waals surface area (Å²) in [5.74, 6) is -0.736. The van der Waals surface area contributed by atoms with Gasteiger partial charge in [0.25, 0.3) is 5.91 Å². The van der Waals surface area contributed by atoms with Crippen LogP contribution in [0.3, 0.4) is 0 Å². The van der Waals surface area contributed by atoms with Crippen LogP contribution in [-0.2, 0) is 38.4 Å². The maximum Gasteiger partial charge on any atom is 0.408 e. The number of carbonyl (C=O) groups excluding carboxylic acids is 4. The Morgan fingerprint density at radius 2 is 1.69 bits per heavy atom. The number of hydrogen-bond acceptors (Lipinski definition) is 6. The highest BCUT2D eigenvalue weighted by Crippen LogP contribution is 2.24. The number of amides is 4. The minimum Gasteiger partial charge on any atom is -0.444 e. The van der Waals surface area contributed by atoms with Gasteiger partial charge in [0.1, 0.15) is 17.2 Å². The summed E-state index contributed by atoms with van der Waals surface area (Å²) in [6, 6.07) is 12.6. The molecule has 0 spiro atoms. The van der Waals surface area contributed by atoms with Crippen LogP contribution in [0.5, 0.6) is 0 Å². The highest BCUT2D eigenvalue weighted by molar-refractivity contribution is 5.95. The van der Waals surface area contributed by atoms with E-state index in [2.05, 4.69) is 15.6 Å². The average molecular weight is 618 g/mol. The van der Waals surface area contributed by atoms with E-state index in [1.807, 2.05) is 48.7 Å². The number of rotatable bonds is 7. The third-order valence-corrected chi connectivity index (χ3v) is 8.16. The minimum atomic E-state index is -1.35. The van der Waals surface area contributed by atoms with Gasteiger partial charge in [-0.2, -0.15) is 0 Å². The Balaban J connectivity index is 1.34. The molecule has 240 valence electrons. The first kappa shape index (κ1) is 32.0. The second kappa shape index (κ2) is 12.9. The van der Waals surface area contributed by atoms with Gasteiger partial charge in [0.15, 0.2) is 0 Å². The van der Waals surface area contributed by atoms with Gasteiger partial charge in [-0.15, -0.1) is 0 Å². The molecule has 2 aromatic carbocycles. The second-order valence-electron chi connectivity index (χ2n) is 13.2. The number of fused-ring (bicyclic) bond motifs is 2. The predicted octanol–water partition coefficient (Wildman–Crippen LogP) is 3.56. The molecular weight excluding hydrogens is 574 g/mol. The van der Waals surface area contributed by atoms with E-state index >= 15 is 0 Å². The van der Waals surface area contributed by atoms with Gasteiger partial charge in [-0.05, 0) is 75.9 Å². The maximum atomic E-state index is 14.1. The summed E-state index contributed by atoms with van der Waals surface area (Å²) >= 11 is 0. The number of H-pyrrole nitrogens is 1. The van der Waals surface area contributed by atoms with Gasteiger partial charge in [-0.1, -0.05) is 24.3 Å². The Labute approximate surface area is 263 Å². The molecule has 1 saturated heterocycles. The fourth-order valence-corrected chi connectivity index (χ4v) is 5.72. The average Bonchev–Trinajstić information content (AvgIpc) is 3.41. The first-order valence-electron chi connectivity index (χ1n) is 15.5. The Morgan fingerprint density at radius 1 is 0.956 bits per heavy atom. The zero-order chi connectivity index (χ0) is 32.4. The van der Waals surface area contributed by atoms with Crippen LogP contribution >= 0.6 is 0 Å². The first-order chi connectivity index (χ1) is 21.3. The van der Waals surface area contributed by atoms with Gasteiger partial charge in [-0.25, -0.2) is 4.79 Å². The molecule has 1 fully saturated rings. The number of benzene rings is 2. The normalized spacial score (nSPS) is 16.1. The number of hydrogen-bond donors (Lipinski definition) is 3. The van der Waals surface area contributed by atoms with Crippen LogP contribution in [0.1, 0.15) is 61.7 Å². The van der Waals surface area contributed by atoms with E-state index in [-0.39, 0.29) is 18.2 Å². The van der Waals surface area contributed by atoms with Gasteiger partial charge in [0.05, 0.1) is 13.2 Å². The van der Waals surface area contributed by atoms with Crippen LogP contribution in [0, 0.1) is 0 Å². The highest BCUT2D eigenvalue weighted by atomic mass is 16.6. The molecular formula is C34H43N5O6. The molecule has 5 rings (SSSR count). The molecule has 1 atom stereocenters. The lowest BCUT2D eigenvalue weighted by Gasteiger charge is -2.34. The fourth-order valence-electron chi connectivity index (χ4n) is 5.72. The van der Waals surface area contributed by atoms with Crippen LogP contribution in [0.25, 0.3) is 10.9 Å². The molecule has 0 radical (unpaired) electrons. The Bertz CT molecular complexity index is 1580.